The molecule has 1 aromatic carbocycles. The van der Waals surface area contributed by atoms with Gasteiger partial charge in [0, 0.05) is 6.42 Å². The first-order chi connectivity index (χ1) is 16.0. The van der Waals surface area contributed by atoms with Crippen molar-refractivity contribution in [2.24, 2.45) is 11.7 Å². The fraction of sp³-hybridized carbons (Fsp3) is 0.500. The van der Waals surface area contributed by atoms with Gasteiger partial charge in [-0.15, -0.1) is 0 Å². The molecule has 0 radical (unpaired) electrons. The highest BCUT2D eigenvalue weighted by Crippen LogP contribution is 2.09. The van der Waals surface area contributed by atoms with Crippen LogP contribution in [-0.4, -0.2) is 75.8 Å². The number of aliphatic hydroxyl groups excluding tert-OH is 1. The number of carbonyl (C=O) groups is 5. The second-order valence-corrected chi connectivity index (χ2v) is 7.91. The molecule has 0 aliphatic rings. The fourth-order valence-corrected chi connectivity index (χ4v) is 3.01. The fourth-order valence-electron chi connectivity index (χ4n) is 3.01. The van der Waals surface area contributed by atoms with Gasteiger partial charge in [0.25, 0.3) is 0 Å². The van der Waals surface area contributed by atoms with E-state index in [-0.39, 0.29) is 6.42 Å². The van der Waals surface area contributed by atoms with Crippen molar-refractivity contribution in [3.05, 3.63) is 35.9 Å². The lowest BCUT2D eigenvalue weighted by Crippen LogP contribution is -2.58. The van der Waals surface area contributed by atoms with Gasteiger partial charge in [-0.1, -0.05) is 50.6 Å². The van der Waals surface area contributed by atoms with Crippen molar-refractivity contribution in [2.45, 2.75) is 57.3 Å². The van der Waals surface area contributed by atoms with Gasteiger partial charge in [0.05, 0.1) is 13.0 Å². The van der Waals surface area contributed by atoms with E-state index in [1.54, 1.807) is 44.2 Å². The Labute approximate surface area is 196 Å². The van der Waals surface area contributed by atoms with E-state index in [1.165, 1.54) is 0 Å². The molecule has 0 fully saturated rings. The number of nitrogens with one attached hydrogen (secondary N) is 3. The number of hydrogen-bond acceptors (Lipinski definition) is 7. The molecular formula is C22H32N4O8. The molecule has 34 heavy (non-hydrogen) atoms. The number of amides is 3. The lowest BCUT2D eigenvalue weighted by atomic mass is 9.98. The summed E-state index contributed by atoms with van der Waals surface area (Å²) in [5.74, 6) is -5.83. The smallest absolute Gasteiger partial charge is 0.326 e. The number of aliphatic hydroxyl groups is 1. The predicted octanol–water partition coefficient (Wildman–Crippen LogP) is -1.39. The standard InChI is InChI=1S/C22H32N4O8/c1-3-12(2)18(22(33)34)26-21(32)16(10-17(28)29)25-20(31)15(24-19(30)14(23)11-27)9-13-7-5-4-6-8-13/h4-8,12,14-16,18,27H,3,9-11,23H2,1-2H3,(H,24,30)(H,25,31)(H,26,32)(H,28,29)(H,33,34). The van der Waals surface area contributed by atoms with E-state index in [1.807, 2.05) is 0 Å². The van der Waals surface area contributed by atoms with Crippen LogP contribution < -0.4 is 21.7 Å². The first kappa shape index (κ1) is 28.5. The summed E-state index contributed by atoms with van der Waals surface area (Å²) < 4.78 is 0. The Morgan fingerprint density at radius 2 is 1.47 bits per heavy atom. The molecule has 1 aromatic rings. The van der Waals surface area contributed by atoms with Gasteiger partial charge < -0.3 is 37.0 Å². The number of aliphatic carboxylic acids is 2. The summed E-state index contributed by atoms with van der Waals surface area (Å²) in [7, 11) is 0. The Bertz CT molecular complexity index is 864. The second-order valence-electron chi connectivity index (χ2n) is 7.91. The number of carbonyl (C=O) groups excluding carboxylic acids is 3. The number of benzene rings is 1. The van der Waals surface area contributed by atoms with Crippen molar-refractivity contribution >= 4 is 29.7 Å². The summed E-state index contributed by atoms with van der Waals surface area (Å²) in [6.45, 7) is 2.68. The number of rotatable bonds is 14. The van der Waals surface area contributed by atoms with Crippen molar-refractivity contribution in [2.75, 3.05) is 6.61 Å². The third-order valence-corrected chi connectivity index (χ3v) is 5.24. The van der Waals surface area contributed by atoms with Crippen LogP contribution in [0.15, 0.2) is 30.3 Å². The maximum atomic E-state index is 13.0. The SMILES string of the molecule is CCC(C)C(NC(=O)C(CC(=O)O)NC(=O)C(Cc1ccccc1)NC(=O)C(N)CO)C(=O)O. The van der Waals surface area contributed by atoms with E-state index in [4.69, 9.17) is 10.8 Å². The Morgan fingerprint density at radius 1 is 0.912 bits per heavy atom. The molecule has 0 saturated heterocycles. The van der Waals surface area contributed by atoms with Crippen LogP contribution in [-0.2, 0) is 30.4 Å². The van der Waals surface area contributed by atoms with Gasteiger partial charge >= 0.3 is 11.9 Å². The molecule has 0 bridgehead atoms. The topological polar surface area (TPSA) is 208 Å². The monoisotopic (exact) mass is 480 g/mol. The average Bonchev–Trinajstić information content (AvgIpc) is 2.80. The van der Waals surface area contributed by atoms with E-state index >= 15 is 0 Å². The molecule has 0 aromatic heterocycles. The molecule has 0 heterocycles. The molecule has 8 N–H and O–H groups in total. The van der Waals surface area contributed by atoms with Gasteiger partial charge in [0.1, 0.15) is 24.2 Å². The van der Waals surface area contributed by atoms with Gasteiger partial charge in [-0.25, -0.2) is 4.79 Å². The Kier molecular flexibility index (Phi) is 11.7. The van der Waals surface area contributed by atoms with Crippen molar-refractivity contribution in [3.63, 3.8) is 0 Å². The molecule has 5 unspecified atom stereocenters. The highest BCUT2D eigenvalue weighted by Gasteiger charge is 2.33. The largest absolute Gasteiger partial charge is 0.481 e. The van der Waals surface area contributed by atoms with Gasteiger partial charge in [0.15, 0.2) is 0 Å². The minimum absolute atomic E-state index is 0.0113. The Hall–Kier alpha value is -3.51. The zero-order chi connectivity index (χ0) is 25.8. The molecule has 188 valence electrons. The zero-order valence-electron chi connectivity index (χ0n) is 19.1. The highest BCUT2D eigenvalue weighted by molar-refractivity contribution is 5.95. The van der Waals surface area contributed by atoms with Crippen LogP contribution >= 0.6 is 0 Å². The number of nitrogens with two attached hydrogens (primary N) is 1. The van der Waals surface area contributed by atoms with E-state index in [0.29, 0.717) is 12.0 Å². The van der Waals surface area contributed by atoms with Crippen molar-refractivity contribution < 1.29 is 39.3 Å². The first-order valence-electron chi connectivity index (χ1n) is 10.8. The Morgan fingerprint density at radius 3 is 1.97 bits per heavy atom. The summed E-state index contributed by atoms with van der Waals surface area (Å²) in [5, 5.41) is 34.7. The molecule has 0 saturated carbocycles. The molecule has 0 aliphatic heterocycles. The third-order valence-electron chi connectivity index (χ3n) is 5.24. The molecule has 1 rings (SSSR count). The first-order valence-corrected chi connectivity index (χ1v) is 10.8. The number of hydrogen-bond donors (Lipinski definition) is 7. The Balaban J connectivity index is 3.11. The van der Waals surface area contributed by atoms with Crippen LogP contribution in [0.25, 0.3) is 0 Å². The van der Waals surface area contributed by atoms with Crippen molar-refractivity contribution in [1.82, 2.24) is 16.0 Å². The zero-order valence-corrected chi connectivity index (χ0v) is 19.1. The molecular weight excluding hydrogens is 448 g/mol. The van der Waals surface area contributed by atoms with Gasteiger partial charge in [-0.3, -0.25) is 19.2 Å². The van der Waals surface area contributed by atoms with Gasteiger partial charge in [-0.05, 0) is 11.5 Å². The van der Waals surface area contributed by atoms with Crippen molar-refractivity contribution in [1.29, 1.82) is 0 Å². The quantitative estimate of drug-likeness (QED) is 0.167. The molecule has 5 atom stereocenters. The van der Waals surface area contributed by atoms with E-state index in [0.717, 1.165) is 0 Å². The number of carboxylic acids is 2. The highest BCUT2D eigenvalue weighted by atomic mass is 16.4. The summed E-state index contributed by atoms with van der Waals surface area (Å²) in [6, 6.07) is 3.15. The van der Waals surface area contributed by atoms with Crippen LogP contribution in [0.2, 0.25) is 0 Å². The summed E-state index contributed by atoms with van der Waals surface area (Å²) in [4.78, 5) is 60.7. The third kappa shape index (κ3) is 9.16. The lowest BCUT2D eigenvalue weighted by molar-refractivity contribution is -0.144. The average molecular weight is 481 g/mol. The maximum Gasteiger partial charge on any atom is 0.326 e. The predicted molar refractivity (Wildman–Crippen MR) is 120 cm³/mol. The van der Waals surface area contributed by atoms with Gasteiger partial charge in [0.2, 0.25) is 17.7 Å². The molecule has 0 aliphatic carbocycles. The minimum Gasteiger partial charge on any atom is -0.481 e. The summed E-state index contributed by atoms with van der Waals surface area (Å²) >= 11 is 0. The van der Waals surface area contributed by atoms with E-state index in [2.05, 4.69) is 16.0 Å². The summed E-state index contributed by atoms with van der Waals surface area (Å²) in [6.07, 6.45) is -0.390. The van der Waals surface area contributed by atoms with Crippen LogP contribution in [0.5, 0.6) is 0 Å². The van der Waals surface area contributed by atoms with Crippen LogP contribution in [0, 0.1) is 5.92 Å². The van der Waals surface area contributed by atoms with Crippen LogP contribution in [0.3, 0.4) is 0 Å². The van der Waals surface area contributed by atoms with Crippen LogP contribution in [0.4, 0.5) is 0 Å². The van der Waals surface area contributed by atoms with E-state index < -0.39 is 72.8 Å². The van der Waals surface area contributed by atoms with Crippen molar-refractivity contribution in [3.8, 4) is 0 Å². The van der Waals surface area contributed by atoms with Crippen LogP contribution in [0.1, 0.15) is 32.3 Å². The molecule has 3 amide bonds. The minimum atomic E-state index is -1.60. The molecule has 0 spiro atoms. The molecule has 12 nitrogen and oxygen atoms in total. The molecule has 12 heteroatoms. The second kappa shape index (κ2) is 13.9. The van der Waals surface area contributed by atoms with E-state index in [9.17, 15) is 34.2 Å². The van der Waals surface area contributed by atoms with Gasteiger partial charge in [-0.2, -0.15) is 0 Å². The lowest BCUT2D eigenvalue weighted by Gasteiger charge is -2.26. The number of carboxylic acid groups (broad SMARTS) is 2. The normalized spacial score (nSPS) is 15.2. The maximum absolute atomic E-state index is 13.0. The summed E-state index contributed by atoms with van der Waals surface area (Å²) in [5.41, 5.74) is 6.16.